The summed E-state index contributed by atoms with van der Waals surface area (Å²) in [6, 6.07) is 17.8. The first-order valence-electron chi connectivity index (χ1n) is 11.0. The number of nitrogens with one attached hydrogen (secondary N) is 2. The highest BCUT2D eigenvalue weighted by Crippen LogP contribution is 2.35. The molecular weight excluding hydrogens is 414 g/mol. The van der Waals surface area contributed by atoms with Crippen LogP contribution in [-0.4, -0.2) is 44.9 Å². The Balaban J connectivity index is 1.44. The van der Waals surface area contributed by atoms with E-state index in [1.54, 1.807) is 6.33 Å². The number of ether oxygens (including phenoxy) is 1. The fourth-order valence-electron chi connectivity index (χ4n) is 4.27. The fourth-order valence-corrected chi connectivity index (χ4v) is 4.27. The highest BCUT2D eigenvalue weighted by Gasteiger charge is 2.24. The second kappa shape index (κ2) is 9.16. The van der Waals surface area contributed by atoms with Gasteiger partial charge in [0.05, 0.1) is 5.39 Å². The van der Waals surface area contributed by atoms with Crippen LogP contribution in [0.5, 0.6) is 11.5 Å². The number of hydrogen-bond acceptors (Lipinski definition) is 5. The van der Waals surface area contributed by atoms with Crippen LogP contribution in [0.4, 0.5) is 5.82 Å². The third-order valence-corrected chi connectivity index (χ3v) is 5.84. The molecule has 166 valence electrons. The number of aromatic amines is 1. The molecule has 1 aliphatic rings. The average Bonchev–Trinajstić information content (AvgIpc) is 3.30. The lowest BCUT2D eigenvalue weighted by Crippen LogP contribution is -2.44. The number of carbonyl (C=O) groups excluding carboxylic acids is 1. The molecule has 2 aromatic heterocycles. The maximum Gasteiger partial charge on any atom is 0.246 e. The molecule has 1 unspecified atom stereocenters. The fraction of sp³-hybridized carbons (Fsp3) is 0.192. The summed E-state index contributed by atoms with van der Waals surface area (Å²) in [6.45, 7) is 4.99. The van der Waals surface area contributed by atoms with Gasteiger partial charge >= 0.3 is 0 Å². The van der Waals surface area contributed by atoms with E-state index in [0.29, 0.717) is 6.54 Å². The number of nitrogens with zero attached hydrogens (tertiary/aromatic N) is 3. The zero-order valence-electron chi connectivity index (χ0n) is 18.2. The molecule has 0 aliphatic carbocycles. The molecule has 0 spiro atoms. The van der Waals surface area contributed by atoms with Crippen LogP contribution in [0.1, 0.15) is 12.8 Å². The van der Waals surface area contributed by atoms with Crippen molar-refractivity contribution in [1.29, 1.82) is 0 Å². The van der Waals surface area contributed by atoms with E-state index >= 15 is 0 Å². The summed E-state index contributed by atoms with van der Waals surface area (Å²) in [5.74, 6) is 2.26. The Morgan fingerprint density at radius 2 is 2.00 bits per heavy atom. The van der Waals surface area contributed by atoms with E-state index in [2.05, 4.69) is 26.8 Å². The Morgan fingerprint density at radius 1 is 1.15 bits per heavy atom. The molecule has 1 saturated heterocycles. The lowest BCUT2D eigenvalue weighted by Gasteiger charge is -2.32. The van der Waals surface area contributed by atoms with Crippen LogP contribution in [-0.2, 0) is 4.79 Å². The second-order valence-corrected chi connectivity index (χ2v) is 8.06. The molecule has 33 heavy (non-hydrogen) atoms. The molecule has 1 aliphatic heterocycles. The maximum absolute atomic E-state index is 12.1. The molecule has 4 aromatic rings. The van der Waals surface area contributed by atoms with Crippen molar-refractivity contribution in [2.24, 2.45) is 0 Å². The first-order chi connectivity index (χ1) is 16.2. The molecule has 0 bridgehead atoms. The van der Waals surface area contributed by atoms with Crippen molar-refractivity contribution in [3.8, 4) is 22.6 Å². The lowest BCUT2D eigenvalue weighted by atomic mass is 10.0. The third kappa shape index (κ3) is 4.43. The summed E-state index contributed by atoms with van der Waals surface area (Å²) in [5.41, 5.74) is 2.74. The number of H-pyrrole nitrogens is 1. The minimum Gasteiger partial charge on any atom is -0.457 e. The number of aromatic nitrogens is 3. The van der Waals surface area contributed by atoms with Crippen LogP contribution in [0.15, 0.2) is 79.8 Å². The zero-order valence-corrected chi connectivity index (χ0v) is 18.2. The predicted molar refractivity (Wildman–Crippen MR) is 129 cm³/mol. The van der Waals surface area contributed by atoms with Gasteiger partial charge in [0.2, 0.25) is 5.91 Å². The van der Waals surface area contributed by atoms with E-state index in [-0.39, 0.29) is 11.9 Å². The summed E-state index contributed by atoms with van der Waals surface area (Å²) in [6.07, 6.45) is 6.77. The molecule has 7 nitrogen and oxygen atoms in total. The number of hydrogen-bond donors (Lipinski definition) is 2. The molecule has 0 saturated carbocycles. The van der Waals surface area contributed by atoms with E-state index in [9.17, 15) is 4.79 Å². The zero-order chi connectivity index (χ0) is 22.6. The van der Waals surface area contributed by atoms with E-state index in [4.69, 9.17) is 4.74 Å². The summed E-state index contributed by atoms with van der Waals surface area (Å²) in [5, 5.41) is 4.47. The Morgan fingerprint density at radius 3 is 2.85 bits per heavy atom. The van der Waals surface area contributed by atoms with Gasteiger partial charge in [-0.1, -0.05) is 36.9 Å². The van der Waals surface area contributed by atoms with Gasteiger partial charge in [0.15, 0.2) is 0 Å². The van der Waals surface area contributed by atoms with Gasteiger partial charge in [0.25, 0.3) is 0 Å². The number of carbonyl (C=O) groups is 1. The number of benzene rings is 2. The van der Waals surface area contributed by atoms with Crippen molar-refractivity contribution < 1.29 is 9.53 Å². The molecule has 0 radical (unpaired) electrons. The third-order valence-electron chi connectivity index (χ3n) is 5.84. The molecule has 2 aromatic carbocycles. The molecule has 2 N–H and O–H groups in total. The van der Waals surface area contributed by atoms with E-state index in [0.717, 1.165) is 58.9 Å². The summed E-state index contributed by atoms with van der Waals surface area (Å²) < 4.78 is 6.02. The second-order valence-electron chi connectivity index (χ2n) is 8.06. The number of fused-ring (bicyclic) bond motifs is 1. The summed E-state index contributed by atoms with van der Waals surface area (Å²) >= 11 is 0. The largest absolute Gasteiger partial charge is 0.457 e. The van der Waals surface area contributed by atoms with E-state index in [1.165, 1.54) is 6.08 Å². The normalized spacial score (nSPS) is 15.9. The van der Waals surface area contributed by atoms with Gasteiger partial charge in [0.1, 0.15) is 29.3 Å². The lowest BCUT2D eigenvalue weighted by molar-refractivity contribution is -0.127. The van der Waals surface area contributed by atoms with Gasteiger partial charge in [-0.2, -0.15) is 0 Å². The predicted octanol–water partition coefficient (Wildman–Crippen LogP) is 5.01. The Hall–Kier alpha value is -4.13. The van der Waals surface area contributed by atoms with Crippen molar-refractivity contribution >= 4 is 22.8 Å². The van der Waals surface area contributed by atoms with Crippen molar-refractivity contribution in [3.63, 3.8) is 0 Å². The first-order valence-corrected chi connectivity index (χ1v) is 11.0. The first kappa shape index (κ1) is 20.8. The molecule has 3 heterocycles. The van der Waals surface area contributed by atoms with Gasteiger partial charge in [-0.15, -0.1) is 0 Å². The van der Waals surface area contributed by atoms with Crippen molar-refractivity contribution in [2.75, 3.05) is 18.4 Å². The number of anilines is 1. The quantitative estimate of drug-likeness (QED) is 0.413. The summed E-state index contributed by atoms with van der Waals surface area (Å²) in [7, 11) is 0. The van der Waals surface area contributed by atoms with E-state index < -0.39 is 0 Å². The van der Waals surface area contributed by atoms with Crippen molar-refractivity contribution in [2.45, 2.75) is 18.9 Å². The molecule has 5 rings (SSSR count). The van der Waals surface area contributed by atoms with Gasteiger partial charge in [-0.05, 0) is 48.7 Å². The number of amides is 1. The summed E-state index contributed by atoms with van der Waals surface area (Å²) in [4.78, 5) is 26.1. The monoisotopic (exact) mass is 439 g/mol. The van der Waals surface area contributed by atoms with Gasteiger partial charge < -0.3 is 19.9 Å². The number of likely N-dealkylation sites (tertiary alicyclic amines) is 1. The van der Waals surface area contributed by atoms with Crippen molar-refractivity contribution in [1.82, 2.24) is 19.9 Å². The minimum atomic E-state index is -0.0353. The maximum atomic E-state index is 12.1. The number of rotatable bonds is 6. The van der Waals surface area contributed by atoms with Gasteiger partial charge in [-0.25, -0.2) is 9.97 Å². The smallest absolute Gasteiger partial charge is 0.246 e. The molecule has 7 heteroatoms. The molecule has 1 fully saturated rings. The number of para-hydroxylation sites is 1. The van der Waals surface area contributed by atoms with Crippen LogP contribution in [0.3, 0.4) is 0 Å². The standard InChI is InChI=1S/C26H25N5O2/c1-2-23(32)31-13-7-9-19(16-31)30-26-24-22(15-27-25(24)28-17-29-26)18-8-6-12-21(14-18)33-20-10-4-3-5-11-20/h2-6,8,10-12,14-15,17,19H,1,7,9,13,16H2,(H2,27,28,29,30). The molecular formula is C26H25N5O2. The van der Waals surface area contributed by atoms with Crippen molar-refractivity contribution in [3.05, 3.63) is 79.8 Å². The van der Waals surface area contributed by atoms with Crippen LogP contribution in [0.2, 0.25) is 0 Å². The van der Waals surface area contributed by atoms with Gasteiger partial charge in [-0.3, -0.25) is 4.79 Å². The van der Waals surface area contributed by atoms with Crippen LogP contribution in [0.25, 0.3) is 22.2 Å². The highest BCUT2D eigenvalue weighted by atomic mass is 16.5. The molecule has 1 amide bonds. The topological polar surface area (TPSA) is 83.1 Å². The van der Waals surface area contributed by atoms with Crippen LogP contribution < -0.4 is 10.1 Å². The minimum absolute atomic E-state index is 0.0353. The Labute approximate surface area is 192 Å². The highest BCUT2D eigenvalue weighted by molar-refractivity contribution is 6.01. The average molecular weight is 440 g/mol. The SMILES string of the molecule is C=CC(=O)N1CCCC(Nc2ncnc3[nH]cc(-c4cccc(Oc5ccccc5)c4)c23)C1. The Kier molecular flexibility index (Phi) is 5.76. The molecule has 1 atom stereocenters. The van der Waals surface area contributed by atoms with Gasteiger partial charge in [0, 0.05) is 30.9 Å². The Bertz CT molecular complexity index is 1280. The van der Waals surface area contributed by atoms with Crippen LogP contribution >= 0.6 is 0 Å². The van der Waals surface area contributed by atoms with E-state index in [1.807, 2.05) is 65.7 Å². The van der Waals surface area contributed by atoms with Crippen LogP contribution in [0, 0.1) is 0 Å². The number of piperidine rings is 1.